The summed E-state index contributed by atoms with van der Waals surface area (Å²) >= 11 is 1.51. The van der Waals surface area contributed by atoms with Gasteiger partial charge in [-0.05, 0) is 50.3 Å². The maximum Gasteiger partial charge on any atom is 0.220 e. The predicted octanol–water partition coefficient (Wildman–Crippen LogP) is 3.66. The van der Waals surface area contributed by atoms with Crippen LogP contribution in [0, 0.1) is 20.8 Å². The molecule has 118 valence electrons. The highest BCUT2D eigenvalue weighted by atomic mass is 32.2. The maximum absolute atomic E-state index is 12.6. The molecule has 1 spiro atoms. The molecule has 0 atom stereocenters. The third kappa shape index (κ3) is 2.75. The second-order valence-corrected chi connectivity index (χ2v) is 7.79. The molecule has 0 radical (unpaired) electrons. The van der Waals surface area contributed by atoms with E-state index in [0.29, 0.717) is 0 Å². The SMILES string of the molecule is CON1CCC2(C=C(c3c(C)cc(C)cc3C)C(=O)S2)CC1. The molecule has 1 saturated heterocycles. The van der Waals surface area contributed by atoms with Crippen molar-refractivity contribution in [1.82, 2.24) is 5.06 Å². The Hall–Kier alpha value is -1.10. The number of carbonyl (C=O) groups excluding carboxylic acids is 1. The van der Waals surface area contributed by atoms with E-state index in [1.165, 1.54) is 28.5 Å². The van der Waals surface area contributed by atoms with Gasteiger partial charge in [-0.1, -0.05) is 35.5 Å². The number of thioether (sulfide) groups is 1. The van der Waals surface area contributed by atoms with Crippen molar-refractivity contribution in [3.05, 3.63) is 40.5 Å². The van der Waals surface area contributed by atoms with Crippen LogP contribution in [-0.2, 0) is 9.63 Å². The summed E-state index contributed by atoms with van der Waals surface area (Å²) in [5, 5.41) is 2.20. The highest BCUT2D eigenvalue weighted by Gasteiger charge is 2.42. The van der Waals surface area contributed by atoms with Gasteiger partial charge in [-0.15, -0.1) is 0 Å². The molecule has 2 heterocycles. The largest absolute Gasteiger partial charge is 0.302 e. The molecule has 0 amide bonds. The first-order valence-corrected chi connectivity index (χ1v) is 8.59. The minimum absolute atomic E-state index is 0.0365. The molecule has 0 unspecified atom stereocenters. The van der Waals surface area contributed by atoms with Gasteiger partial charge in [0.2, 0.25) is 5.12 Å². The number of aryl methyl sites for hydroxylation is 3. The van der Waals surface area contributed by atoms with Gasteiger partial charge in [0.15, 0.2) is 0 Å². The highest BCUT2D eigenvalue weighted by Crippen LogP contribution is 2.48. The van der Waals surface area contributed by atoms with E-state index < -0.39 is 0 Å². The van der Waals surface area contributed by atoms with Crippen LogP contribution in [0.2, 0.25) is 0 Å². The van der Waals surface area contributed by atoms with Crippen LogP contribution >= 0.6 is 11.8 Å². The van der Waals surface area contributed by atoms with Gasteiger partial charge in [0, 0.05) is 23.4 Å². The van der Waals surface area contributed by atoms with E-state index in [-0.39, 0.29) is 9.86 Å². The van der Waals surface area contributed by atoms with E-state index in [1.807, 2.05) is 5.06 Å². The first-order valence-electron chi connectivity index (χ1n) is 7.77. The first kappa shape index (κ1) is 15.8. The number of nitrogens with zero attached hydrogens (tertiary/aromatic N) is 1. The molecule has 0 aromatic heterocycles. The van der Waals surface area contributed by atoms with Crippen LogP contribution in [0.4, 0.5) is 0 Å². The smallest absolute Gasteiger partial charge is 0.220 e. The van der Waals surface area contributed by atoms with Crippen molar-refractivity contribution in [2.75, 3.05) is 20.2 Å². The first-order chi connectivity index (χ1) is 10.4. The summed E-state index contributed by atoms with van der Waals surface area (Å²) in [6, 6.07) is 4.33. The number of hydrogen-bond acceptors (Lipinski definition) is 4. The number of benzene rings is 1. The Balaban J connectivity index is 1.95. The van der Waals surface area contributed by atoms with Crippen molar-refractivity contribution < 1.29 is 9.63 Å². The van der Waals surface area contributed by atoms with E-state index in [0.717, 1.165) is 37.1 Å². The van der Waals surface area contributed by atoms with Crippen molar-refractivity contribution in [3.63, 3.8) is 0 Å². The zero-order valence-corrected chi connectivity index (χ0v) is 14.5. The van der Waals surface area contributed by atoms with Gasteiger partial charge < -0.3 is 4.84 Å². The van der Waals surface area contributed by atoms with Crippen LogP contribution in [-0.4, -0.2) is 35.1 Å². The summed E-state index contributed by atoms with van der Waals surface area (Å²) in [7, 11) is 1.71. The average molecular weight is 317 g/mol. The molecule has 0 bridgehead atoms. The molecule has 1 aromatic rings. The third-order valence-corrected chi connectivity index (χ3v) is 6.03. The lowest BCUT2D eigenvalue weighted by atomic mass is 9.89. The Morgan fingerprint density at radius 3 is 2.27 bits per heavy atom. The monoisotopic (exact) mass is 317 g/mol. The molecule has 1 aromatic carbocycles. The minimum Gasteiger partial charge on any atom is -0.302 e. The second kappa shape index (κ2) is 5.84. The normalized spacial score (nSPS) is 21.5. The Morgan fingerprint density at radius 2 is 1.73 bits per heavy atom. The standard InChI is InChI=1S/C18H23NO2S/c1-12-9-13(2)16(14(3)10-12)15-11-18(22-17(15)20)5-7-19(21-4)8-6-18/h9-11H,5-8H2,1-4H3. The third-order valence-electron chi connectivity index (χ3n) is 4.70. The average Bonchev–Trinajstić information content (AvgIpc) is 2.75. The molecule has 22 heavy (non-hydrogen) atoms. The topological polar surface area (TPSA) is 29.5 Å². The van der Waals surface area contributed by atoms with Crippen molar-refractivity contribution in [2.24, 2.45) is 0 Å². The molecular weight excluding hydrogens is 294 g/mol. The lowest BCUT2D eigenvalue weighted by Gasteiger charge is -2.35. The number of hydroxylamine groups is 2. The Kier molecular flexibility index (Phi) is 4.19. The van der Waals surface area contributed by atoms with Gasteiger partial charge >= 0.3 is 0 Å². The fraction of sp³-hybridized carbons (Fsp3) is 0.500. The van der Waals surface area contributed by atoms with Gasteiger partial charge in [0.05, 0.1) is 7.11 Å². The molecule has 2 aliphatic rings. The molecular formula is C18H23NO2S. The fourth-order valence-corrected chi connectivity index (χ4v) is 4.87. The Bertz CT molecular complexity index is 619. The lowest BCUT2D eigenvalue weighted by Crippen LogP contribution is -2.40. The van der Waals surface area contributed by atoms with Crippen LogP contribution in [0.3, 0.4) is 0 Å². The molecule has 0 N–H and O–H groups in total. The summed E-state index contributed by atoms with van der Waals surface area (Å²) in [5.41, 5.74) is 5.69. The van der Waals surface area contributed by atoms with Gasteiger partial charge in [-0.2, -0.15) is 5.06 Å². The van der Waals surface area contributed by atoms with E-state index in [4.69, 9.17) is 4.84 Å². The molecule has 4 heteroatoms. The molecule has 3 nitrogen and oxygen atoms in total. The van der Waals surface area contributed by atoms with Crippen LogP contribution in [0.25, 0.3) is 5.57 Å². The lowest BCUT2D eigenvalue weighted by molar-refractivity contribution is -0.143. The Labute approximate surface area is 136 Å². The van der Waals surface area contributed by atoms with Crippen LogP contribution in [0.15, 0.2) is 18.2 Å². The number of rotatable bonds is 2. The van der Waals surface area contributed by atoms with Gasteiger partial charge in [-0.3, -0.25) is 4.79 Å². The highest BCUT2D eigenvalue weighted by molar-refractivity contribution is 8.16. The van der Waals surface area contributed by atoms with E-state index in [9.17, 15) is 4.79 Å². The van der Waals surface area contributed by atoms with Crippen molar-refractivity contribution in [2.45, 2.75) is 38.4 Å². The van der Waals surface area contributed by atoms with Crippen LogP contribution in [0.1, 0.15) is 35.1 Å². The zero-order valence-electron chi connectivity index (χ0n) is 13.7. The van der Waals surface area contributed by atoms with Crippen molar-refractivity contribution in [1.29, 1.82) is 0 Å². The van der Waals surface area contributed by atoms with Crippen LogP contribution in [0.5, 0.6) is 0 Å². The number of carbonyl (C=O) groups is 1. The summed E-state index contributed by atoms with van der Waals surface area (Å²) < 4.78 is -0.0365. The summed E-state index contributed by atoms with van der Waals surface area (Å²) in [6.07, 6.45) is 4.16. The number of piperidine rings is 1. The number of hydrogen-bond donors (Lipinski definition) is 0. The fourth-order valence-electron chi connectivity index (χ4n) is 3.66. The van der Waals surface area contributed by atoms with Crippen molar-refractivity contribution in [3.8, 4) is 0 Å². The quantitative estimate of drug-likeness (QED) is 0.832. The molecule has 2 aliphatic heterocycles. The minimum atomic E-state index is -0.0365. The van der Waals surface area contributed by atoms with E-state index in [1.54, 1.807) is 7.11 Å². The Morgan fingerprint density at radius 1 is 1.14 bits per heavy atom. The van der Waals surface area contributed by atoms with Crippen LogP contribution < -0.4 is 0 Å². The van der Waals surface area contributed by atoms with E-state index in [2.05, 4.69) is 39.0 Å². The van der Waals surface area contributed by atoms with Gasteiger partial charge in [-0.25, -0.2) is 0 Å². The molecule has 1 fully saturated rings. The molecule has 0 saturated carbocycles. The predicted molar refractivity (Wildman–Crippen MR) is 91.8 cm³/mol. The molecule has 0 aliphatic carbocycles. The van der Waals surface area contributed by atoms with Crippen molar-refractivity contribution >= 4 is 22.5 Å². The summed E-state index contributed by atoms with van der Waals surface area (Å²) in [5.74, 6) is 0. The summed E-state index contributed by atoms with van der Waals surface area (Å²) in [4.78, 5) is 17.9. The second-order valence-electron chi connectivity index (χ2n) is 6.40. The zero-order chi connectivity index (χ0) is 15.9. The summed E-state index contributed by atoms with van der Waals surface area (Å²) in [6.45, 7) is 8.07. The van der Waals surface area contributed by atoms with E-state index >= 15 is 0 Å². The maximum atomic E-state index is 12.6. The van der Waals surface area contributed by atoms with Gasteiger partial charge in [0.1, 0.15) is 0 Å². The molecule has 3 rings (SSSR count). The van der Waals surface area contributed by atoms with Gasteiger partial charge in [0.25, 0.3) is 0 Å².